The van der Waals surface area contributed by atoms with Gasteiger partial charge < -0.3 is 4.42 Å². The normalized spacial score (nSPS) is 20.2. The van der Waals surface area contributed by atoms with E-state index in [0.29, 0.717) is 0 Å². The van der Waals surface area contributed by atoms with Crippen molar-refractivity contribution in [3.05, 3.63) is 181 Å². The minimum atomic E-state index is -1.15. The van der Waals surface area contributed by atoms with Gasteiger partial charge in [0, 0.05) is 16.2 Å². The Morgan fingerprint density at radius 2 is 0.765 bits per heavy atom. The SMILES string of the molecule is [2H]c1c([2H])c(-c2c(-c3c4c([2H])c([2H])c([2H])c([2H])c4c(-c4c([2H])c([2H])c([2H])c5c([2H])c([2H])c([2H])c([2H])c45)c4c([2H])c([2H])c([2H])c([2H])c34)c([2H])c([2H])c3c([2H])c([2H])c([2H])c([2H])c23)c2c(oc3c4c([2H])c([2H])c([2H])c([2H])c4c([2H])c([2H])c32)c1[2H]. The lowest BCUT2D eigenvalue weighted by Crippen LogP contribution is -1.94. The van der Waals surface area contributed by atoms with Crippen molar-refractivity contribution in [1.82, 2.24) is 0 Å². The topological polar surface area (TPSA) is 13.1 Å². The lowest BCUT2D eigenvalue weighted by atomic mass is 9.81. The number of fused-ring (bicyclic) bond motifs is 9. The summed E-state index contributed by atoms with van der Waals surface area (Å²) >= 11 is 0. The van der Waals surface area contributed by atoms with Crippen molar-refractivity contribution in [2.45, 2.75) is 0 Å². The van der Waals surface area contributed by atoms with Crippen LogP contribution in [0.4, 0.5) is 0 Å². The number of hydrogen-bond acceptors (Lipinski definition) is 1. The number of rotatable bonds is 3. The third kappa shape index (κ3) is 4.09. The fourth-order valence-electron chi connectivity index (χ4n) is 6.62. The molecule has 236 valence electrons. The average molecular weight is 677 g/mol. The smallest absolute Gasteiger partial charge is 0.143 e. The Balaban J connectivity index is 1.55. The monoisotopic (exact) mass is 676 g/mol. The van der Waals surface area contributed by atoms with Crippen molar-refractivity contribution < 1.29 is 45.5 Å². The highest BCUT2D eigenvalue weighted by atomic mass is 16.3. The van der Waals surface area contributed by atoms with Gasteiger partial charge in [0.05, 0.1) is 41.1 Å². The summed E-state index contributed by atoms with van der Waals surface area (Å²) in [5.41, 5.74) is -6.41. The molecule has 51 heavy (non-hydrogen) atoms. The third-order valence-electron chi connectivity index (χ3n) is 8.69. The molecule has 1 aromatic heterocycles. The Hall–Kier alpha value is -6.70. The number of furan rings is 1. The Morgan fingerprint density at radius 1 is 0.294 bits per heavy atom. The molecule has 0 aliphatic rings. The average Bonchev–Trinajstić information content (AvgIpc) is 4.06. The van der Waals surface area contributed by atoms with Gasteiger partial charge in [-0.05, 0) is 93.9 Å². The zero-order valence-electron chi connectivity index (χ0n) is 55.4. The van der Waals surface area contributed by atoms with E-state index in [0.717, 1.165) is 0 Å². The summed E-state index contributed by atoms with van der Waals surface area (Å²) in [6, 6.07) is -29.6. The molecule has 11 aromatic rings. The van der Waals surface area contributed by atoms with Gasteiger partial charge in [-0.2, -0.15) is 0 Å². The molecular formula is C50H30O. The van der Waals surface area contributed by atoms with E-state index in [9.17, 15) is 19.2 Å². The van der Waals surface area contributed by atoms with Crippen molar-refractivity contribution in [3.63, 3.8) is 0 Å². The van der Waals surface area contributed by atoms with Crippen LogP contribution < -0.4 is 0 Å². The van der Waals surface area contributed by atoms with Crippen LogP contribution in [0.3, 0.4) is 0 Å². The molecule has 0 bridgehead atoms. The van der Waals surface area contributed by atoms with E-state index in [4.69, 9.17) is 26.3 Å². The minimum Gasteiger partial charge on any atom is -0.455 e. The molecule has 0 radical (unpaired) electrons. The largest absolute Gasteiger partial charge is 0.455 e. The first-order chi connectivity index (χ1) is 37.8. The van der Waals surface area contributed by atoms with E-state index in [1.54, 1.807) is 0 Å². The Bertz CT molecular complexity index is 4840. The summed E-state index contributed by atoms with van der Waals surface area (Å²) < 4.78 is 281. The maximum Gasteiger partial charge on any atom is 0.143 e. The van der Waals surface area contributed by atoms with Crippen LogP contribution in [0.15, 0.2) is 186 Å². The lowest BCUT2D eigenvalue weighted by Gasteiger charge is -2.21. The Kier molecular flexibility index (Phi) is 2.50. The van der Waals surface area contributed by atoms with Crippen LogP contribution in [-0.2, 0) is 0 Å². The Labute approximate surface area is 336 Å². The summed E-state index contributed by atoms with van der Waals surface area (Å²) in [7, 11) is 0. The first kappa shape index (κ1) is 11.7. The fraction of sp³-hybridized carbons (Fsp3) is 0. The molecule has 11 rings (SSSR count). The molecule has 1 nitrogen and oxygen atoms in total. The maximum atomic E-state index is 10.1. The van der Waals surface area contributed by atoms with Crippen molar-refractivity contribution >= 4 is 75.8 Å². The van der Waals surface area contributed by atoms with Gasteiger partial charge in [-0.25, -0.2) is 0 Å². The maximum absolute atomic E-state index is 10.1. The van der Waals surface area contributed by atoms with Crippen molar-refractivity contribution in [3.8, 4) is 33.4 Å². The molecule has 10 aromatic carbocycles. The summed E-state index contributed by atoms with van der Waals surface area (Å²) in [5.74, 6) is 0. The highest BCUT2D eigenvalue weighted by Crippen LogP contribution is 2.50. The number of hydrogen-bond donors (Lipinski definition) is 0. The van der Waals surface area contributed by atoms with Gasteiger partial charge in [-0.3, -0.25) is 0 Å². The van der Waals surface area contributed by atoms with Crippen LogP contribution in [0.2, 0.25) is 0 Å². The highest BCUT2D eigenvalue weighted by molar-refractivity contribution is 6.27. The molecule has 0 aliphatic carbocycles. The predicted octanol–water partition coefficient (Wildman–Crippen LogP) is 14.4. The van der Waals surface area contributed by atoms with Gasteiger partial charge in [-0.15, -0.1) is 0 Å². The van der Waals surface area contributed by atoms with Gasteiger partial charge in [0.15, 0.2) is 0 Å². The van der Waals surface area contributed by atoms with Crippen LogP contribution in [-0.4, -0.2) is 0 Å². The standard InChI is InChI=1S/C50H30O/c1-4-17-34-31(13-1)16-11-24-37(34)47-38-20-7-9-22-40(38)48(41-23-10-8-21-39(41)47)43-29-27-32-14-2-5-18-35(32)46(43)42-25-12-26-45-49(42)44-30-28-33-15-3-6-19-36(33)50(44)51-45/h1-30H/i1D,2D,3D,4D,5D,6D,7D,8D,9D,10D,11D,12D,13D,14D,15D,16D,17D,18D,19D,20D,21D,22D,23D,24D,25D,26D,27D,28D,29D,30D. The fourth-order valence-corrected chi connectivity index (χ4v) is 6.62. The van der Waals surface area contributed by atoms with E-state index in [1.807, 2.05) is 0 Å². The van der Waals surface area contributed by atoms with E-state index in [2.05, 4.69) is 0 Å². The quantitative estimate of drug-likeness (QED) is 0.170. The molecule has 0 saturated carbocycles. The second-order valence-electron chi connectivity index (χ2n) is 11.3. The van der Waals surface area contributed by atoms with E-state index in [1.165, 1.54) is 0 Å². The van der Waals surface area contributed by atoms with E-state index in [-0.39, 0.29) is 0 Å². The van der Waals surface area contributed by atoms with Crippen molar-refractivity contribution in [2.75, 3.05) is 0 Å². The molecule has 0 unspecified atom stereocenters. The Morgan fingerprint density at radius 3 is 1.45 bits per heavy atom. The first-order valence-electron chi connectivity index (χ1n) is 30.2. The zero-order valence-corrected chi connectivity index (χ0v) is 25.4. The molecule has 1 heterocycles. The molecule has 1 heteroatoms. The van der Waals surface area contributed by atoms with Gasteiger partial charge >= 0.3 is 0 Å². The molecule has 0 aliphatic heterocycles. The van der Waals surface area contributed by atoms with Crippen molar-refractivity contribution in [2.24, 2.45) is 0 Å². The summed E-state index contributed by atoms with van der Waals surface area (Å²) in [4.78, 5) is 0. The molecule has 0 N–H and O–H groups in total. The van der Waals surface area contributed by atoms with Crippen LogP contribution in [0, 0.1) is 0 Å². The van der Waals surface area contributed by atoms with Crippen LogP contribution >= 0.6 is 0 Å². The molecule has 0 spiro atoms. The van der Waals surface area contributed by atoms with E-state index < -0.39 is 290 Å². The van der Waals surface area contributed by atoms with Gasteiger partial charge in [0.1, 0.15) is 11.2 Å². The van der Waals surface area contributed by atoms with Crippen LogP contribution in [0.1, 0.15) is 41.1 Å². The first-order valence-corrected chi connectivity index (χ1v) is 15.2. The van der Waals surface area contributed by atoms with Gasteiger partial charge in [0.2, 0.25) is 0 Å². The van der Waals surface area contributed by atoms with Crippen LogP contribution in [0.5, 0.6) is 0 Å². The number of benzene rings is 10. The highest BCUT2D eigenvalue weighted by Gasteiger charge is 2.23. The van der Waals surface area contributed by atoms with Crippen LogP contribution in [0.25, 0.3) is 109 Å². The summed E-state index contributed by atoms with van der Waals surface area (Å²) in [6.45, 7) is 0. The summed E-state index contributed by atoms with van der Waals surface area (Å²) in [5, 5.41) is -8.64. The molecular weight excluding hydrogens is 617 g/mol. The molecule has 0 fully saturated rings. The summed E-state index contributed by atoms with van der Waals surface area (Å²) in [6.07, 6.45) is 0. The third-order valence-corrected chi connectivity index (χ3v) is 8.69. The van der Waals surface area contributed by atoms with Gasteiger partial charge in [0.25, 0.3) is 0 Å². The molecule has 0 amide bonds. The lowest BCUT2D eigenvalue weighted by molar-refractivity contribution is 0.673. The molecule has 0 atom stereocenters. The molecule has 0 saturated heterocycles. The minimum absolute atomic E-state index is 0.522. The van der Waals surface area contributed by atoms with E-state index >= 15 is 0 Å². The van der Waals surface area contributed by atoms with Gasteiger partial charge in [-0.1, -0.05) is 169 Å². The second-order valence-corrected chi connectivity index (χ2v) is 11.3. The zero-order chi connectivity index (χ0) is 59.6. The van der Waals surface area contributed by atoms with Crippen molar-refractivity contribution in [1.29, 1.82) is 0 Å². The predicted molar refractivity (Wildman–Crippen MR) is 218 cm³/mol. The second kappa shape index (κ2) is 10.9.